The molecule has 8 heteroatoms. The first-order chi connectivity index (χ1) is 8.11. The van der Waals surface area contributed by atoms with Gasteiger partial charge in [-0.1, -0.05) is 0 Å². The zero-order chi connectivity index (χ0) is 14.1. The highest BCUT2D eigenvalue weighted by Crippen LogP contribution is 2.31. The van der Waals surface area contributed by atoms with Crippen LogP contribution in [0.25, 0.3) is 0 Å². The van der Waals surface area contributed by atoms with Crippen molar-refractivity contribution in [3.05, 3.63) is 29.3 Å². The molecule has 0 spiro atoms. The molecule has 0 amide bonds. The molecule has 0 fully saturated rings. The van der Waals surface area contributed by atoms with Crippen molar-refractivity contribution >= 4 is 0 Å². The van der Waals surface area contributed by atoms with Crippen LogP contribution in [0, 0.1) is 11.6 Å². The minimum absolute atomic E-state index is 0.269. The molecule has 0 radical (unpaired) electrons. The van der Waals surface area contributed by atoms with Crippen molar-refractivity contribution in [2.45, 2.75) is 25.4 Å². The van der Waals surface area contributed by atoms with Crippen LogP contribution in [0.2, 0.25) is 0 Å². The zero-order valence-corrected chi connectivity index (χ0v) is 9.13. The van der Waals surface area contributed by atoms with E-state index < -0.39 is 35.9 Å². The molecule has 0 aliphatic carbocycles. The molecule has 3 N–H and O–H groups in total. The number of halogens is 5. The van der Waals surface area contributed by atoms with Crippen LogP contribution in [0.15, 0.2) is 12.1 Å². The Morgan fingerprint density at radius 3 is 2.00 bits per heavy atom. The molecule has 0 aliphatic heterocycles. The fraction of sp³-hybridized carbons (Fsp3) is 0.400. The van der Waals surface area contributed by atoms with Crippen LogP contribution in [0.4, 0.5) is 22.0 Å². The number of aliphatic hydroxyl groups is 1. The molecule has 1 rings (SSSR count). The van der Waals surface area contributed by atoms with Gasteiger partial charge in [0.15, 0.2) is 11.6 Å². The van der Waals surface area contributed by atoms with Crippen LogP contribution < -0.4 is 10.5 Å². The Labute approximate surface area is 99.0 Å². The van der Waals surface area contributed by atoms with Crippen molar-refractivity contribution in [2.75, 3.05) is 0 Å². The average molecular weight is 271 g/mol. The lowest BCUT2D eigenvalue weighted by molar-refractivity contribution is -0.276. The largest absolute Gasteiger partial charge is 0.573 e. The number of nitrogens with two attached hydrogens (primary N) is 1. The van der Waals surface area contributed by atoms with E-state index in [0.717, 1.165) is 0 Å². The topological polar surface area (TPSA) is 55.5 Å². The summed E-state index contributed by atoms with van der Waals surface area (Å²) < 4.78 is 65.3. The Morgan fingerprint density at radius 2 is 1.67 bits per heavy atom. The van der Waals surface area contributed by atoms with Crippen LogP contribution in [-0.2, 0) is 0 Å². The van der Waals surface area contributed by atoms with Crippen LogP contribution in [-0.4, -0.2) is 17.5 Å². The Hall–Kier alpha value is -1.41. The van der Waals surface area contributed by atoms with Gasteiger partial charge in [-0.3, -0.25) is 0 Å². The number of hydrogen-bond acceptors (Lipinski definition) is 3. The van der Waals surface area contributed by atoms with Crippen LogP contribution in [0.3, 0.4) is 0 Å². The standard InChI is InChI=1S/C10H10F5NO2/c1-4(16)8(17)5-2-6(11)9(7(12)3-5)18-10(13,14)15/h2-4,8,17H,16H2,1H3/t4-,8-/m0/s1. The lowest BCUT2D eigenvalue weighted by Crippen LogP contribution is -2.25. The van der Waals surface area contributed by atoms with E-state index >= 15 is 0 Å². The zero-order valence-electron chi connectivity index (χ0n) is 9.13. The lowest BCUT2D eigenvalue weighted by Gasteiger charge is -2.17. The maximum absolute atomic E-state index is 13.2. The van der Waals surface area contributed by atoms with Gasteiger partial charge in [0.1, 0.15) is 0 Å². The fourth-order valence-electron chi connectivity index (χ4n) is 1.27. The van der Waals surface area contributed by atoms with E-state index in [-0.39, 0.29) is 5.56 Å². The SMILES string of the molecule is C[C@H](N)[C@H](O)c1cc(F)c(OC(F)(F)F)c(F)c1. The van der Waals surface area contributed by atoms with Gasteiger partial charge in [0, 0.05) is 6.04 Å². The van der Waals surface area contributed by atoms with E-state index in [4.69, 9.17) is 5.73 Å². The summed E-state index contributed by atoms with van der Waals surface area (Å²) in [5.74, 6) is -4.70. The molecule has 0 saturated heterocycles. The number of ether oxygens (including phenoxy) is 1. The van der Waals surface area contributed by atoms with E-state index in [9.17, 15) is 27.1 Å². The average Bonchev–Trinajstić information content (AvgIpc) is 2.20. The van der Waals surface area contributed by atoms with Crippen molar-refractivity contribution < 1.29 is 31.8 Å². The van der Waals surface area contributed by atoms with Crippen molar-refractivity contribution in [1.82, 2.24) is 0 Å². The van der Waals surface area contributed by atoms with Gasteiger partial charge >= 0.3 is 6.36 Å². The number of rotatable bonds is 3. The number of alkyl halides is 3. The predicted octanol–water partition coefficient (Wildman–Crippen LogP) is 2.24. The van der Waals surface area contributed by atoms with E-state index in [2.05, 4.69) is 4.74 Å². The van der Waals surface area contributed by atoms with Crippen LogP contribution in [0.5, 0.6) is 5.75 Å². The van der Waals surface area contributed by atoms with Crippen molar-refractivity contribution in [3.63, 3.8) is 0 Å². The quantitative estimate of drug-likeness (QED) is 0.829. The first kappa shape index (κ1) is 14.7. The second-order valence-electron chi connectivity index (χ2n) is 3.67. The fourth-order valence-corrected chi connectivity index (χ4v) is 1.27. The Morgan fingerprint density at radius 1 is 1.22 bits per heavy atom. The molecule has 1 aromatic rings. The maximum atomic E-state index is 13.2. The van der Waals surface area contributed by atoms with Crippen LogP contribution in [0.1, 0.15) is 18.6 Å². The van der Waals surface area contributed by atoms with Gasteiger partial charge in [-0.05, 0) is 24.6 Å². The third-order valence-corrected chi connectivity index (χ3v) is 2.08. The number of hydrogen-bond donors (Lipinski definition) is 2. The minimum Gasteiger partial charge on any atom is -0.399 e. The Kier molecular flexibility index (Phi) is 4.12. The maximum Gasteiger partial charge on any atom is 0.573 e. The summed E-state index contributed by atoms with van der Waals surface area (Å²) in [6.45, 7) is 1.38. The van der Waals surface area contributed by atoms with Crippen LogP contribution >= 0.6 is 0 Å². The van der Waals surface area contributed by atoms with Gasteiger partial charge in [0.05, 0.1) is 6.10 Å². The molecular weight excluding hydrogens is 261 g/mol. The molecule has 0 unspecified atom stereocenters. The molecule has 0 aliphatic rings. The van der Waals surface area contributed by atoms with Gasteiger partial charge in [-0.25, -0.2) is 8.78 Å². The summed E-state index contributed by atoms with van der Waals surface area (Å²) >= 11 is 0. The van der Waals surface area contributed by atoms with E-state index in [0.29, 0.717) is 12.1 Å². The first-order valence-corrected chi connectivity index (χ1v) is 4.80. The van der Waals surface area contributed by atoms with Gasteiger partial charge in [0.2, 0.25) is 5.75 Å². The molecule has 1 aromatic carbocycles. The molecule has 2 atom stereocenters. The third-order valence-electron chi connectivity index (χ3n) is 2.08. The van der Waals surface area contributed by atoms with Gasteiger partial charge in [-0.15, -0.1) is 13.2 Å². The number of benzene rings is 1. The molecule has 0 bridgehead atoms. The first-order valence-electron chi connectivity index (χ1n) is 4.80. The summed E-state index contributed by atoms with van der Waals surface area (Å²) in [5, 5.41) is 9.45. The second kappa shape index (κ2) is 5.07. The summed E-state index contributed by atoms with van der Waals surface area (Å²) in [7, 11) is 0. The molecule has 3 nitrogen and oxygen atoms in total. The highest BCUT2D eigenvalue weighted by molar-refractivity contribution is 5.33. The normalized spacial score (nSPS) is 15.3. The van der Waals surface area contributed by atoms with E-state index in [1.54, 1.807) is 0 Å². The van der Waals surface area contributed by atoms with Crippen molar-refractivity contribution in [3.8, 4) is 5.75 Å². The predicted molar refractivity (Wildman–Crippen MR) is 51.7 cm³/mol. The highest BCUT2D eigenvalue weighted by atomic mass is 19.4. The second-order valence-corrected chi connectivity index (χ2v) is 3.67. The smallest absolute Gasteiger partial charge is 0.399 e. The number of aliphatic hydroxyl groups excluding tert-OH is 1. The summed E-state index contributed by atoms with van der Waals surface area (Å²) in [6, 6.07) is 0.245. The summed E-state index contributed by atoms with van der Waals surface area (Å²) in [4.78, 5) is 0. The Bertz CT molecular complexity index is 410. The van der Waals surface area contributed by atoms with Gasteiger partial charge < -0.3 is 15.6 Å². The molecule has 102 valence electrons. The minimum atomic E-state index is -5.21. The molecular formula is C10H10F5NO2. The molecule has 0 saturated carbocycles. The van der Waals surface area contributed by atoms with E-state index in [1.807, 2.05) is 0 Å². The third kappa shape index (κ3) is 3.54. The van der Waals surface area contributed by atoms with Gasteiger partial charge in [0.25, 0.3) is 0 Å². The molecule has 0 aromatic heterocycles. The monoisotopic (exact) mass is 271 g/mol. The summed E-state index contributed by atoms with van der Waals surface area (Å²) in [6.07, 6.45) is -6.60. The molecule has 18 heavy (non-hydrogen) atoms. The van der Waals surface area contributed by atoms with E-state index in [1.165, 1.54) is 6.92 Å². The van der Waals surface area contributed by atoms with Gasteiger partial charge in [-0.2, -0.15) is 0 Å². The summed E-state index contributed by atoms with van der Waals surface area (Å²) in [5.41, 5.74) is 5.03. The highest BCUT2D eigenvalue weighted by Gasteiger charge is 2.34. The Balaban J connectivity index is 3.13. The lowest BCUT2D eigenvalue weighted by atomic mass is 10.0. The molecule has 0 heterocycles. The van der Waals surface area contributed by atoms with Crippen molar-refractivity contribution in [1.29, 1.82) is 0 Å². The van der Waals surface area contributed by atoms with Crippen molar-refractivity contribution in [2.24, 2.45) is 5.73 Å².